The van der Waals surface area contributed by atoms with Crippen LogP contribution in [0.2, 0.25) is 0 Å². The maximum Gasteiger partial charge on any atom is 0.230 e. The van der Waals surface area contributed by atoms with E-state index in [4.69, 9.17) is 0 Å². The topological polar surface area (TPSA) is 54.0 Å². The molecule has 1 fully saturated rings. The summed E-state index contributed by atoms with van der Waals surface area (Å²) in [7, 11) is 0. The summed E-state index contributed by atoms with van der Waals surface area (Å²) in [6, 6.07) is 8.87. The van der Waals surface area contributed by atoms with Crippen LogP contribution in [-0.2, 0) is 4.79 Å². The van der Waals surface area contributed by atoms with Crippen molar-refractivity contribution in [3.8, 4) is 0 Å². The highest BCUT2D eigenvalue weighted by Crippen LogP contribution is 2.29. The average Bonchev–Trinajstić information content (AvgIpc) is 2.88. The highest BCUT2D eigenvalue weighted by Gasteiger charge is 2.20. The number of carbonyl (C=O) groups excluding carboxylic acids is 1. The van der Waals surface area contributed by atoms with Crippen molar-refractivity contribution >= 4 is 51.6 Å². The molecule has 1 aromatic heterocycles. The van der Waals surface area contributed by atoms with Crippen molar-refractivity contribution in [1.82, 2.24) is 15.6 Å². The predicted octanol–water partition coefficient (Wildman–Crippen LogP) is 3.07. The second kappa shape index (κ2) is 8.15. The van der Waals surface area contributed by atoms with E-state index in [1.807, 2.05) is 18.2 Å². The number of hydrogen-bond acceptors (Lipinski definition) is 5. The average molecular weight is 358 g/mol. The number of thiazole rings is 1. The molecule has 2 heterocycles. The van der Waals surface area contributed by atoms with Crippen molar-refractivity contribution in [2.24, 2.45) is 0 Å². The van der Waals surface area contributed by atoms with E-state index in [0.29, 0.717) is 17.8 Å². The number of nitrogens with zero attached hydrogens (tertiary/aromatic N) is 1. The highest BCUT2D eigenvalue weighted by atomic mass is 35.5. The van der Waals surface area contributed by atoms with Gasteiger partial charge in [-0.25, -0.2) is 4.98 Å². The maximum atomic E-state index is 12.0. The third-order valence-corrected chi connectivity index (χ3v) is 5.77. The van der Waals surface area contributed by atoms with Crippen LogP contribution < -0.4 is 10.6 Å². The molecule has 1 aliphatic rings. The molecule has 2 N–H and O–H groups in total. The second-order valence-electron chi connectivity index (χ2n) is 5.38. The highest BCUT2D eigenvalue weighted by molar-refractivity contribution is 8.01. The fourth-order valence-corrected chi connectivity index (χ4v) is 4.45. The number of fused-ring (bicyclic) bond motifs is 1. The minimum atomic E-state index is 0. The molecular formula is C15H20ClN3OS2. The van der Waals surface area contributed by atoms with Gasteiger partial charge in [0.2, 0.25) is 5.91 Å². The Balaban J connectivity index is 0.00000176. The summed E-state index contributed by atoms with van der Waals surface area (Å²) >= 11 is 3.17. The SMILES string of the molecule is CC1CC(NC(=O)CSc2nc3ccccc3s2)CCN1.Cl. The van der Waals surface area contributed by atoms with E-state index in [9.17, 15) is 4.79 Å². The smallest absolute Gasteiger partial charge is 0.230 e. The Bertz CT molecular complexity index is 601. The van der Waals surface area contributed by atoms with Crippen molar-refractivity contribution in [3.63, 3.8) is 0 Å². The Labute approximate surface area is 144 Å². The number of amides is 1. The first-order valence-corrected chi connectivity index (χ1v) is 9.02. The van der Waals surface area contributed by atoms with Crippen molar-refractivity contribution in [2.75, 3.05) is 12.3 Å². The van der Waals surface area contributed by atoms with Crippen LogP contribution in [0, 0.1) is 0 Å². The van der Waals surface area contributed by atoms with Crippen molar-refractivity contribution in [1.29, 1.82) is 0 Å². The van der Waals surface area contributed by atoms with Gasteiger partial charge in [-0.15, -0.1) is 23.7 Å². The minimum Gasteiger partial charge on any atom is -0.353 e. The zero-order valence-corrected chi connectivity index (χ0v) is 14.8. The molecular weight excluding hydrogens is 338 g/mol. The standard InChI is InChI=1S/C15H19N3OS2.ClH/c1-10-8-11(6-7-16-10)17-14(19)9-20-15-18-12-4-2-3-5-13(12)21-15;/h2-5,10-11,16H,6-9H2,1H3,(H,17,19);1H. The fourth-order valence-electron chi connectivity index (χ4n) is 2.57. The Morgan fingerprint density at radius 3 is 3.09 bits per heavy atom. The molecule has 22 heavy (non-hydrogen) atoms. The maximum absolute atomic E-state index is 12.0. The Hall–Kier alpha value is -0.820. The molecule has 0 bridgehead atoms. The van der Waals surface area contributed by atoms with Crippen molar-refractivity contribution in [3.05, 3.63) is 24.3 Å². The van der Waals surface area contributed by atoms with Gasteiger partial charge < -0.3 is 10.6 Å². The third-order valence-electron chi connectivity index (χ3n) is 3.59. The van der Waals surface area contributed by atoms with Crippen LogP contribution in [0.4, 0.5) is 0 Å². The van der Waals surface area contributed by atoms with Crippen LogP contribution in [0.15, 0.2) is 28.6 Å². The number of halogens is 1. The molecule has 1 amide bonds. The number of carbonyl (C=O) groups is 1. The molecule has 7 heteroatoms. The van der Waals surface area contributed by atoms with E-state index < -0.39 is 0 Å². The lowest BCUT2D eigenvalue weighted by Gasteiger charge is -2.28. The molecule has 0 radical (unpaired) electrons. The van der Waals surface area contributed by atoms with Crippen LogP contribution in [0.5, 0.6) is 0 Å². The number of aromatic nitrogens is 1. The predicted molar refractivity (Wildman–Crippen MR) is 96.2 cm³/mol. The lowest BCUT2D eigenvalue weighted by atomic mass is 10.0. The van der Waals surface area contributed by atoms with Gasteiger partial charge in [-0.3, -0.25) is 4.79 Å². The van der Waals surface area contributed by atoms with Gasteiger partial charge in [0, 0.05) is 12.1 Å². The minimum absolute atomic E-state index is 0. The van der Waals surface area contributed by atoms with E-state index in [2.05, 4.69) is 28.6 Å². The van der Waals surface area contributed by atoms with Gasteiger partial charge in [-0.2, -0.15) is 0 Å². The van der Waals surface area contributed by atoms with Gasteiger partial charge in [0.05, 0.1) is 16.0 Å². The number of rotatable bonds is 4. The molecule has 0 saturated carbocycles. The molecule has 2 unspecified atom stereocenters. The third kappa shape index (κ3) is 4.59. The number of para-hydroxylation sites is 1. The van der Waals surface area contributed by atoms with Crippen LogP contribution in [-0.4, -0.2) is 35.3 Å². The van der Waals surface area contributed by atoms with E-state index >= 15 is 0 Å². The number of thioether (sulfide) groups is 1. The van der Waals surface area contributed by atoms with E-state index in [1.54, 1.807) is 11.3 Å². The quantitative estimate of drug-likeness (QED) is 0.826. The zero-order chi connectivity index (χ0) is 14.7. The fraction of sp³-hybridized carbons (Fsp3) is 0.467. The summed E-state index contributed by atoms with van der Waals surface area (Å²) in [5.41, 5.74) is 1.01. The molecule has 1 saturated heterocycles. The summed E-state index contributed by atoms with van der Waals surface area (Å²) in [5.74, 6) is 0.552. The second-order valence-corrected chi connectivity index (χ2v) is 7.63. The van der Waals surface area contributed by atoms with Gasteiger partial charge >= 0.3 is 0 Å². The van der Waals surface area contributed by atoms with Gasteiger partial charge in [0.1, 0.15) is 0 Å². The van der Waals surface area contributed by atoms with Crippen LogP contribution in [0.3, 0.4) is 0 Å². The molecule has 1 aliphatic heterocycles. The molecule has 3 rings (SSSR count). The summed E-state index contributed by atoms with van der Waals surface area (Å²) in [6.45, 7) is 3.14. The monoisotopic (exact) mass is 357 g/mol. The summed E-state index contributed by atoms with van der Waals surface area (Å²) in [5, 5.41) is 6.52. The molecule has 0 spiro atoms. The number of piperidine rings is 1. The van der Waals surface area contributed by atoms with Crippen molar-refractivity contribution < 1.29 is 4.79 Å². The van der Waals surface area contributed by atoms with Crippen LogP contribution in [0.25, 0.3) is 10.2 Å². The van der Waals surface area contributed by atoms with Crippen LogP contribution in [0.1, 0.15) is 19.8 Å². The Morgan fingerprint density at radius 1 is 1.50 bits per heavy atom. The van der Waals surface area contributed by atoms with E-state index in [0.717, 1.165) is 29.2 Å². The molecule has 1 aromatic carbocycles. The summed E-state index contributed by atoms with van der Waals surface area (Å²) in [4.78, 5) is 16.6. The van der Waals surface area contributed by atoms with Crippen LogP contribution >= 0.6 is 35.5 Å². The molecule has 2 atom stereocenters. The Kier molecular flexibility index (Phi) is 6.50. The zero-order valence-electron chi connectivity index (χ0n) is 12.4. The summed E-state index contributed by atoms with van der Waals surface area (Å²) < 4.78 is 2.14. The van der Waals surface area contributed by atoms with Gasteiger partial charge in [0.15, 0.2) is 4.34 Å². The molecule has 0 aliphatic carbocycles. The Morgan fingerprint density at radius 2 is 2.32 bits per heavy atom. The largest absolute Gasteiger partial charge is 0.353 e. The van der Waals surface area contributed by atoms with Gasteiger partial charge in [0.25, 0.3) is 0 Å². The van der Waals surface area contributed by atoms with E-state index in [-0.39, 0.29) is 18.3 Å². The number of hydrogen-bond donors (Lipinski definition) is 2. The van der Waals surface area contributed by atoms with Gasteiger partial charge in [-0.1, -0.05) is 23.9 Å². The molecule has 4 nitrogen and oxygen atoms in total. The van der Waals surface area contributed by atoms with E-state index in [1.165, 1.54) is 16.5 Å². The summed E-state index contributed by atoms with van der Waals surface area (Å²) in [6.07, 6.45) is 2.03. The normalized spacial score (nSPS) is 21.3. The lowest BCUT2D eigenvalue weighted by Crippen LogP contribution is -2.47. The first-order valence-electron chi connectivity index (χ1n) is 7.22. The molecule has 2 aromatic rings. The first kappa shape index (κ1) is 17.5. The number of nitrogens with one attached hydrogen (secondary N) is 2. The molecule has 120 valence electrons. The first-order chi connectivity index (χ1) is 10.2. The van der Waals surface area contributed by atoms with Crippen molar-refractivity contribution in [2.45, 2.75) is 36.2 Å². The lowest BCUT2D eigenvalue weighted by molar-refractivity contribution is -0.119. The van der Waals surface area contributed by atoms with Gasteiger partial charge in [-0.05, 0) is 38.4 Å². The number of benzene rings is 1.